The van der Waals surface area contributed by atoms with Gasteiger partial charge in [-0.3, -0.25) is 4.84 Å². The summed E-state index contributed by atoms with van der Waals surface area (Å²) in [6, 6.07) is 0. The molecule has 5 N–H and O–H groups in total. The molecule has 0 aliphatic carbocycles. The van der Waals surface area contributed by atoms with Crippen molar-refractivity contribution >= 4 is 17.8 Å². The number of hydrogen-bond donors (Lipinski definition) is 3. The van der Waals surface area contributed by atoms with E-state index >= 15 is 0 Å². The molecule has 0 aliphatic heterocycles. The van der Waals surface area contributed by atoms with Gasteiger partial charge < -0.3 is 16.6 Å². The van der Waals surface area contributed by atoms with E-state index < -0.39 is 0 Å². The fourth-order valence-corrected chi connectivity index (χ4v) is 1.37. The van der Waals surface area contributed by atoms with Gasteiger partial charge >= 0.3 is 0 Å². The molecule has 0 fully saturated rings. The van der Waals surface area contributed by atoms with Gasteiger partial charge in [0.15, 0.2) is 0 Å². The summed E-state index contributed by atoms with van der Waals surface area (Å²) in [5.41, 5.74) is 10.9. The molecule has 0 amide bonds. The first kappa shape index (κ1) is 14.4. The predicted molar refractivity (Wildman–Crippen MR) is 68.3 cm³/mol. The highest BCUT2D eigenvalue weighted by atomic mass is 16.7. The Labute approximate surface area is 106 Å². The smallest absolute Gasteiger partial charge is 0.258 e. The van der Waals surface area contributed by atoms with Gasteiger partial charge in [-0.2, -0.15) is 20.0 Å². The zero-order chi connectivity index (χ0) is 13.4. The topological polar surface area (TPSA) is 123 Å². The first-order valence-electron chi connectivity index (χ1n) is 5.95. The maximum Gasteiger partial charge on any atom is 0.258 e. The summed E-state index contributed by atoms with van der Waals surface area (Å²) in [4.78, 5) is 16.7. The van der Waals surface area contributed by atoms with Crippen LogP contribution in [-0.2, 0) is 4.84 Å². The molecule has 1 aromatic rings. The summed E-state index contributed by atoms with van der Waals surface area (Å²) in [6.45, 7) is 2.24. The fraction of sp³-hybridized carbons (Fsp3) is 0.700. The van der Waals surface area contributed by atoms with Crippen LogP contribution in [0.15, 0.2) is 0 Å². The first-order valence-corrected chi connectivity index (χ1v) is 5.95. The van der Waals surface area contributed by atoms with Crippen molar-refractivity contribution in [2.24, 2.45) is 0 Å². The second kappa shape index (κ2) is 7.62. The molecule has 0 atom stereocenters. The number of nitrogens with two attached hydrogens (primary N) is 2. The lowest BCUT2D eigenvalue weighted by molar-refractivity contribution is 0.0552. The van der Waals surface area contributed by atoms with E-state index in [2.05, 4.69) is 21.9 Å². The number of rotatable bonds is 8. The van der Waals surface area contributed by atoms with Crippen LogP contribution >= 0.6 is 0 Å². The van der Waals surface area contributed by atoms with E-state index in [0.29, 0.717) is 6.61 Å². The van der Waals surface area contributed by atoms with Crippen molar-refractivity contribution in [2.45, 2.75) is 32.6 Å². The molecule has 18 heavy (non-hydrogen) atoms. The van der Waals surface area contributed by atoms with Gasteiger partial charge in [-0.05, 0) is 6.42 Å². The summed E-state index contributed by atoms with van der Waals surface area (Å²) < 4.78 is 0. The number of aliphatic hydroxyl groups is 1. The zero-order valence-electron chi connectivity index (χ0n) is 10.5. The molecular weight excluding hydrogens is 236 g/mol. The Balaban J connectivity index is 2.49. The van der Waals surface area contributed by atoms with Gasteiger partial charge in [0, 0.05) is 0 Å². The van der Waals surface area contributed by atoms with Gasteiger partial charge in [0.05, 0.1) is 6.61 Å². The standard InChI is InChI=1S/C10H20N6O2/c1-2-3-4-5-6-18-16(7-17)10-14-8(11)13-9(12)15-10/h17H,2-7H2,1H3,(H4,11,12,13,14,15). The number of unbranched alkanes of at least 4 members (excludes halogenated alkanes) is 3. The number of aromatic nitrogens is 3. The number of hydroxylamine groups is 1. The third-order valence-electron chi connectivity index (χ3n) is 2.25. The van der Waals surface area contributed by atoms with Crippen LogP contribution in [0, 0.1) is 0 Å². The van der Waals surface area contributed by atoms with Crippen LogP contribution in [0.3, 0.4) is 0 Å². The third kappa shape index (κ3) is 4.68. The van der Waals surface area contributed by atoms with Crippen molar-refractivity contribution in [1.29, 1.82) is 0 Å². The molecule has 102 valence electrons. The monoisotopic (exact) mass is 256 g/mol. The summed E-state index contributed by atoms with van der Waals surface area (Å²) in [6.07, 6.45) is 4.30. The van der Waals surface area contributed by atoms with Crippen LogP contribution in [-0.4, -0.2) is 33.4 Å². The Hall–Kier alpha value is -1.67. The van der Waals surface area contributed by atoms with E-state index in [1.54, 1.807) is 0 Å². The van der Waals surface area contributed by atoms with Crippen LogP contribution in [0.2, 0.25) is 0 Å². The van der Waals surface area contributed by atoms with Crippen molar-refractivity contribution in [2.75, 3.05) is 29.9 Å². The number of aliphatic hydroxyl groups excluding tert-OH is 1. The lowest BCUT2D eigenvalue weighted by atomic mass is 10.2. The minimum absolute atomic E-state index is 0.00877. The molecule has 1 rings (SSSR count). The van der Waals surface area contributed by atoms with Crippen molar-refractivity contribution in [3.63, 3.8) is 0 Å². The molecule has 0 unspecified atom stereocenters. The van der Waals surface area contributed by atoms with Gasteiger partial charge in [-0.15, -0.1) is 0 Å². The molecule has 0 bridgehead atoms. The van der Waals surface area contributed by atoms with Crippen molar-refractivity contribution in [1.82, 2.24) is 15.0 Å². The molecule has 0 spiro atoms. The molecule has 0 aromatic carbocycles. The summed E-state index contributed by atoms with van der Waals surface area (Å²) in [5.74, 6) is 0.0917. The predicted octanol–water partition coefficient (Wildman–Crippen LogP) is 0.304. The molecule has 8 nitrogen and oxygen atoms in total. The second-order valence-corrected chi connectivity index (χ2v) is 3.77. The Morgan fingerprint density at radius 3 is 2.33 bits per heavy atom. The quantitative estimate of drug-likeness (QED) is 0.345. The van der Waals surface area contributed by atoms with Gasteiger partial charge in [0.2, 0.25) is 11.9 Å². The molecule has 1 aromatic heterocycles. The molecule has 0 radical (unpaired) electrons. The second-order valence-electron chi connectivity index (χ2n) is 3.77. The van der Waals surface area contributed by atoms with Gasteiger partial charge in [0.1, 0.15) is 6.73 Å². The molecule has 0 saturated heterocycles. The summed E-state index contributed by atoms with van der Waals surface area (Å²) in [7, 11) is 0. The van der Waals surface area contributed by atoms with Crippen LogP contribution in [0.5, 0.6) is 0 Å². The third-order valence-corrected chi connectivity index (χ3v) is 2.25. The van der Waals surface area contributed by atoms with Crippen LogP contribution in [0.25, 0.3) is 0 Å². The van der Waals surface area contributed by atoms with Crippen molar-refractivity contribution < 1.29 is 9.94 Å². The van der Waals surface area contributed by atoms with E-state index in [4.69, 9.17) is 16.3 Å². The van der Waals surface area contributed by atoms with Crippen LogP contribution < -0.4 is 16.5 Å². The Morgan fingerprint density at radius 2 is 1.78 bits per heavy atom. The fourth-order valence-electron chi connectivity index (χ4n) is 1.37. The highest BCUT2D eigenvalue weighted by Crippen LogP contribution is 2.10. The van der Waals surface area contributed by atoms with E-state index in [-0.39, 0.29) is 24.6 Å². The average Bonchev–Trinajstić information content (AvgIpc) is 2.32. The SMILES string of the molecule is CCCCCCON(CO)c1nc(N)nc(N)n1. The number of hydrogen-bond acceptors (Lipinski definition) is 8. The maximum atomic E-state index is 9.18. The number of nitrogen functional groups attached to an aromatic ring is 2. The van der Waals surface area contributed by atoms with Gasteiger partial charge in [-0.1, -0.05) is 26.2 Å². The normalized spacial score (nSPS) is 10.6. The highest BCUT2D eigenvalue weighted by molar-refractivity contribution is 5.37. The molecule has 1 heterocycles. The first-order chi connectivity index (χ1) is 8.67. The van der Waals surface area contributed by atoms with E-state index in [1.807, 2.05) is 0 Å². The van der Waals surface area contributed by atoms with E-state index in [0.717, 1.165) is 30.7 Å². The highest BCUT2D eigenvalue weighted by Gasteiger charge is 2.11. The minimum atomic E-state index is -0.378. The molecule has 8 heteroatoms. The summed E-state index contributed by atoms with van der Waals surface area (Å²) in [5, 5.41) is 10.3. The average molecular weight is 256 g/mol. The Bertz CT molecular complexity index is 342. The minimum Gasteiger partial charge on any atom is -0.374 e. The number of anilines is 3. The summed E-state index contributed by atoms with van der Waals surface area (Å²) >= 11 is 0. The number of nitrogens with zero attached hydrogens (tertiary/aromatic N) is 4. The zero-order valence-corrected chi connectivity index (χ0v) is 10.5. The largest absolute Gasteiger partial charge is 0.374 e. The van der Waals surface area contributed by atoms with Gasteiger partial charge in [-0.25, -0.2) is 0 Å². The Kier molecular flexibility index (Phi) is 6.09. The van der Waals surface area contributed by atoms with Gasteiger partial charge in [0.25, 0.3) is 5.95 Å². The van der Waals surface area contributed by atoms with Crippen molar-refractivity contribution in [3.8, 4) is 0 Å². The Morgan fingerprint density at radius 1 is 1.11 bits per heavy atom. The van der Waals surface area contributed by atoms with Crippen LogP contribution in [0.4, 0.5) is 17.8 Å². The van der Waals surface area contributed by atoms with E-state index in [1.165, 1.54) is 0 Å². The lowest BCUT2D eigenvalue weighted by Crippen LogP contribution is -2.28. The molecule has 0 saturated carbocycles. The molecule has 0 aliphatic rings. The van der Waals surface area contributed by atoms with Crippen LogP contribution in [0.1, 0.15) is 32.6 Å². The maximum absolute atomic E-state index is 9.18. The van der Waals surface area contributed by atoms with Crippen molar-refractivity contribution in [3.05, 3.63) is 0 Å². The van der Waals surface area contributed by atoms with E-state index in [9.17, 15) is 5.11 Å². The lowest BCUT2D eigenvalue weighted by Gasteiger charge is -2.19. The molecular formula is C10H20N6O2.